The molecule has 0 bridgehead atoms. The fourth-order valence-corrected chi connectivity index (χ4v) is 4.55. The molecule has 1 aromatic carbocycles. The topological polar surface area (TPSA) is 110 Å². The van der Waals surface area contributed by atoms with Gasteiger partial charge in [0.15, 0.2) is 11.6 Å². The van der Waals surface area contributed by atoms with Crippen LogP contribution in [0.2, 0.25) is 0 Å². The van der Waals surface area contributed by atoms with E-state index in [0.717, 1.165) is 32.6 Å². The highest BCUT2D eigenvalue weighted by Gasteiger charge is 2.32. The molecule has 10 nitrogen and oxygen atoms in total. The maximum absolute atomic E-state index is 15.4. The van der Waals surface area contributed by atoms with E-state index in [4.69, 9.17) is 14.0 Å². The molecule has 0 unspecified atom stereocenters. The number of piperidine rings is 1. The molecule has 4 aromatic rings. The first-order valence-electron chi connectivity index (χ1n) is 12.8. The zero-order valence-corrected chi connectivity index (χ0v) is 19.4. The Bertz CT molecular complexity index is 1610. The molecule has 2 atom stereocenters. The van der Waals surface area contributed by atoms with Crippen LogP contribution in [-0.2, 0) is 11.3 Å². The molecular weight excluding hydrogens is 517 g/mol. The quantitative estimate of drug-likeness (QED) is 0.346. The number of aliphatic hydroxyl groups is 1. The number of likely N-dealkylation sites (tertiary alicyclic amines) is 1. The summed E-state index contributed by atoms with van der Waals surface area (Å²) < 4.78 is 101. The van der Waals surface area contributed by atoms with Gasteiger partial charge in [0.25, 0.3) is 6.43 Å². The van der Waals surface area contributed by atoms with E-state index in [2.05, 4.69) is 20.4 Å². The molecule has 0 radical (unpaired) electrons. The van der Waals surface area contributed by atoms with Gasteiger partial charge in [0, 0.05) is 6.54 Å². The van der Waals surface area contributed by atoms with Crippen molar-refractivity contribution in [3.63, 3.8) is 0 Å². The van der Waals surface area contributed by atoms with Crippen molar-refractivity contribution in [3.8, 4) is 17.0 Å². The Morgan fingerprint density at radius 3 is 2.87 bits per heavy atom. The summed E-state index contributed by atoms with van der Waals surface area (Å²) >= 11 is 0. The summed E-state index contributed by atoms with van der Waals surface area (Å²) in [5.41, 5.74) is -1.14. The number of nitrogens with one attached hydrogen (secondary N) is 1. The Kier molecular flexibility index (Phi) is 5.82. The Labute approximate surface area is 215 Å². The van der Waals surface area contributed by atoms with Gasteiger partial charge in [-0.25, -0.2) is 31.5 Å². The number of hydrogen-bond donors (Lipinski definition) is 2. The van der Waals surface area contributed by atoms with Crippen LogP contribution in [0.5, 0.6) is 5.88 Å². The predicted octanol–water partition coefficient (Wildman–Crippen LogP) is 2.64. The number of halogens is 5. The van der Waals surface area contributed by atoms with Gasteiger partial charge >= 0.3 is 0 Å². The second kappa shape index (κ2) is 10.0. The molecule has 0 spiro atoms. The number of methoxy groups -OCH3 is 1. The highest BCUT2D eigenvalue weighted by molar-refractivity contribution is 5.90. The predicted molar refractivity (Wildman–Crippen MR) is 125 cm³/mol. The number of carbonyl (C=O) groups excluding carboxylic acids is 1. The Hall–Kier alpha value is -4.01. The number of ether oxygens (including phenoxy) is 1. The Morgan fingerprint density at radius 2 is 2.16 bits per heavy atom. The summed E-state index contributed by atoms with van der Waals surface area (Å²) in [4.78, 5) is 20.7. The molecule has 1 fully saturated rings. The van der Waals surface area contributed by atoms with E-state index >= 15 is 4.39 Å². The van der Waals surface area contributed by atoms with E-state index in [1.54, 1.807) is 0 Å². The van der Waals surface area contributed by atoms with Crippen molar-refractivity contribution in [1.29, 1.82) is 0 Å². The lowest BCUT2D eigenvalue weighted by Gasteiger charge is -2.34. The van der Waals surface area contributed by atoms with Gasteiger partial charge < -0.3 is 24.6 Å². The first-order valence-corrected chi connectivity index (χ1v) is 11.3. The van der Waals surface area contributed by atoms with Crippen molar-refractivity contribution in [1.82, 2.24) is 29.0 Å². The SMILES string of the molecule is [2H]C([2H])([2H])Oc1nc(N[C@H]2CCN(C(=O)CO)C[C@H]2F)nn2cc(F)c(-c3cc(F)c4ncn(CC(F)F)c4c3)c12. The fraction of sp³-hybridized carbons (Fsp3) is 0.391. The minimum absolute atomic E-state index is 0.0587. The van der Waals surface area contributed by atoms with Crippen LogP contribution >= 0.6 is 0 Å². The number of anilines is 1. The molecule has 1 aliphatic rings. The fourth-order valence-electron chi connectivity index (χ4n) is 4.55. The second-order valence-corrected chi connectivity index (χ2v) is 8.66. The standard InChI is InChI=1S/C23H22F5N7O3/c1-38-22-21-19(11-4-12(24)20-16(5-11)34(10-29-20)8-17(27)28)14(26)7-35(21)32-23(31-22)30-15-2-3-33(6-13(15)25)18(37)9-36/h4-5,7,10,13,15,17,36H,2-3,6,8-9H2,1H3,(H,30,32)/t13-,15+/m1/s1/i1D3. The van der Waals surface area contributed by atoms with Gasteiger partial charge in [0.05, 0.1) is 53.9 Å². The molecular formula is C23H22F5N7O3. The van der Waals surface area contributed by atoms with Gasteiger partial charge in [-0.2, -0.15) is 4.98 Å². The third-order valence-electron chi connectivity index (χ3n) is 6.30. The van der Waals surface area contributed by atoms with E-state index < -0.39 is 62.3 Å². The van der Waals surface area contributed by atoms with E-state index in [-0.39, 0.29) is 53.1 Å². The van der Waals surface area contributed by atoms with Crippen molar-refractivity contribution < 1.29 is 40.7 Å². The van der Waals surface area contributed by atoms with Gasteiger partial charge in [0.2, 0.25) is 17.7 Å². The molecule has 1 aliphatic heterocycles. The molecule has 1 saturated heterocycles. The van der Waals surface area contributed by atoms with Gasteiger partial charge in [-0.05, 0) is 24.1 Å². The van der Waals surface area contributed by atoms with Crippen LogP contribution in [0.3, 0.4) is 0 Å². The zero-order valence-electron chi connectivity index (χ0n) is 22.4. The minimum atomic E-state index is -3.08. The molecule has 0 aliphatic carbocycles. The van der Waals surface area contributed by atoms with E-state index in [9.17, 15) is 22.4 Å². The summed E-state index contributed by atoms with van der Waals surface area (Å²) in [6, 6.07) is 1.19. The first-order chi connectivity index (χ1) is 19.3. The van der Waals surface area contributed by atoms with Crippen molar-refractivity contribution in [2.45, 2.75) is 31.6 Å². The van der Waals surface area contributed by atoms with Crippen molar-refractivity contribution in [2.24, 2.45) is 0 Å². The van der Waals surface area contributed by atoms with Gasteiger partial charge in [-0.15, -0.1) is 5.10 Å². The van der Waals surface area contributed by atoms with Gasteiger partial charge in [0.1, 0.15) is 23.8 Å². The number of alkyl halides is 3. The minimum Gasteiger partial charge on any atom is -0.479 e. The normalized spacial score (nSPS) is 19.6. The third-order valence-corrected chi connectivity index (χ3v) is 6.30. The van der Waals surface area contributed by atoms with Crippen LogP contribution in [0.1, 0.15) is 10.5 Å². The smallest absolute Gasteiger partial charge is 0.256 e. The monoisotopic (exact) mass is 542 g/mol. The van der Waals surface area contributed by atoms with Crippen molar-refractivity contribution in [2.75, 3.05) is 32.1 Å². The second-order valence-electron chi connectivity index (χ2n) is 8.66. The maximum atomic E-state index is 15.4. The van der Waals surface area contributed by atoms with Crippen molar-refractivity contribution in [3.05, 3.63) is 36.3 Å². The molecule has 38 heavy (non-hydrogen) atoms. The van der Waals surface area contributed by atoms with Crippen LogP contribution in [0.4, 0.5) is 27.9 Å². The Morgan fingerprint density at radius 1 is 1.34 bits per heavy atom. The number of hydrogen-bond acceptors (Lipinski definition) is 7. The number of amides is 1. The number of benzene rings is 1. The highest BCUT2D eigenvalue weighted by atomic mass is 19.3. The number of fused-ring (bicyclic) bond motifs is 2. The molecule has 5 rings (SSSR count). The number of aliphatic hydroxyl groups excluding tert-OH is 1. The number of nitrogens with zero attached hydrogens (tertiary/aromatic N) is 6. The molecule has 3 aromatic heterocycles. The van der Waals surface area contributed by atoms with E-state index in [1.165, 1.54) is 6.07 Å². The van der Waals surface area contributed by atoms with Crippen LogP contribution in [0, 0.1) is 11.6 Å². The largest absolute Gasteiger partial charge is 0.479 e. The summed E-state index contributed by atoms with van der Waals surface area (Å²) in [7, 11) is -3.08. The number of imidazole rings is 1. The highest BCUT2D eigenvalue weighted by Crippen LogP contribution is 2.36. The van der Waals surface area contributed by atoms with Gasteiger partial charge in [-0.3, -0.25) is 4.79 Å². The van der Waals surface area contributed by atoms with Gasteiger partial charge in [-0.1, -0.05) is 0 Å². The maximum Gasteiger partial charge on any atom is 0.256 e. The molecule has 1 amide bonds. The van der Waals surface area contributed by atoms with E-state index in [1.807, 2.05) is 0 Å². The molecule has 15 heteroatoms. The lowest BCUT2D eigenvalue weighted by molar-refractivity contribution is -0.136. The summed E-state index contributed by atoms with van der Waals surface area (Å²) in [6.45, 7) is -1.78. The third kappa shape index (κ3) is 4.57. The van der Waals surface area contributed by atoms with Crippen LogP contribution in [-0.4, -0.2) is 85.4 Å². The van der Waals surface area contributed by atoms with Crippen LogP contribution in [0.25, 0.3) is 27.7 Å². The zero-order chi connectivity index (χ0) is 29.6. The Balaban J connectivity index is 1.57. The number of rotatable bonds is 7. The first kappa shape index (κ1) is 22.0. The van der Waals surface area contributed by atoms with E-state index in [0.29, 0.717) is 0 Å². The molecule has 2 N–H and O–H groups in total. The summed E-state index contributed by atoms with van der Waals surface area (Å²) in [5.74, 6) is -3.55. The van der Waals surface area contributed by atoms with Crippen molar-refractivity contribution >= 4 is 28.4 Å². The average molecular weight is 542 g/mol. The summed E-state index contributed by atoms with van der Waals surface area (Å²) in [6.07, 6.45) is -2.45. The summed E-state index contributed by atoms with van der Waals surface area (Å²) in [5, 5.41) is 15.8. The molecule has 202 valence electrons. The molecule has 4 heterocycles. The number of carbonyl (C=O) groups is 1. The van der Waals surface area contributed by atoms with Crippen LogP contribution in [0.15, 0.2) is 24.7 Å². The molecule has 0 saturated carbocycles. The van der Waals surface area contributed by atoms with Crippen LogP contribution < -0.4 is 10.1 Å². The average Bonchev–Trinajstić information content (AvgIpc) is 3.43. The number of aromatic nitrogens is 5. The lowest BCUT2D eigenvalue weighted by Crippen LogP contribution is -2.50. The lowest BCUT2D eigenvalue weighted by atomic mass is 10.0.